The van der Waals surface area contributed by atoms with E-state index in [2.05, 4.69) is 5.32 Å². The molecular weight excluding hydrogens is 404 g/mol. The van der Waals surface area contributed by atoms with Crippen LogP contribution in [0, 0.1) is 0 Å². The second kappa shape index (κ2) is 9.83. The molecule has 1 aliphatic rings. The third-order valence-corrected chi connectivity index (χ3v) is 5.84. The van der Waals surface area contributed by atoms with Crippen LogP contribution >= 0.6 is 11.8 Å². The molecule has 1 aliphatic heterocycles. The summed E-state index contributed by atoms with van der Waals surface area (Å²) in [7, 11) is 3.85. The minimum absolute atomic E-state index is 0.145. The van der Waals surface area contributed by atoms with Crippen molar-refractivity contribution in [3.8, 4) is 5.75 Å². The maximum atomic E-state index is 12.5. The van der Waals surface area contributed by atoms with E-state index in [1.807, 2.05) is 51.9 Å². The molecule has 1 aromatic carbocycles. The van der Waals surface area contributed by atoms with E-state index < -0.39 is 23.3 Å². The summed E-state index contributed by atoms with van der Waals surface area (Å²) in [6.07, 6.45) is -0.735. The number of esters is 2. The highest BCUT2D eigenvalue weighted by Gasteiger charge is 2.36. The Hall–Kier alpha value is -2.06. The summed E-state index contributed by atoms with van der Waals surface area (Å²) in [6, 6.07) is 3.77. The fourth-order valence-corrected chi connectivity index (χ4v) is 4.50. The van der Waals surface area contributed by atoms with Gasteiger partial charge < -0.3 is 19.7 Å². The number of benzene rings is 1. The largest absolute Gasteiger partial charge is 0.456 e. The Morgan fingerprint density at radius 2 is 1.90 bits per heavy atom. The summed E-state index contributed by atoms with van der Waals surface area (Å²) < 4.78 is 11.3. The Balaban J connectivity index is 2.69. The molecular formula is C22H32N2O5S. The van der Waals surface area contributed by atoms with E-state index in [4.69, 9.17) is 9.47 Å². The second-order valence-corrected chi connectivity index (χ2v) is 10.0. The number of ether oxygens (including phenoxy) is 2. The standard InChI is InChI=1S/C22H32N2O5S/c1-13(25)28-18-16(12-24(6)7)10-15(11-17(18)22(3,4)5)19(29-14(2)26)20-21(27)23-8-9-30-20/h10-11,19-20H,8-9,12H2,1-7H3,(H,23,27). The lowest BCUT2D eigenvalue weighted by Crippen LogP contribution is -2.43. The van der Waals surface area contributed by atoms with Crippen molar-refractivity contribution in [2.45, 2.75) is 57.9 Å². The van der Waals surface area contributed by atoms with Crippen molar-refractivity contribution in [1.82, 2.24) is 10.2 Å². The first-order valence-electron chi connectivity index (χ1n) is 9.97. The van der Waals surface area contributed by atoms with Gasteiger partial charge in [0.15, 0.2) is 0 Å². The lowest BCUT2D eigenvalue weighted by atomic mass is 9.83. The Kier molecular flexibility index (Phi) is 7.93. The number of thioether (sulfide) groups is 1. The molecule has 0 bridgehead atoms. The third-order valence-electron chi connectivity index (χ3n) is 4.58. The van der Waals surface area contributed by atoms with Crippen LogP contribution in [0.2, 0.25) is 0 Å². The van der Waals surface area contributed by atoms with Gasteiger partial charge in [0.1, 0.15) is 17.1 Å². The van der Waals surface area contributed by atoms with Gasteiger partial charge in [-0.2, -0.15) is 0 Å². The maximum Gasteiger partial charge on any atom is 0.308 e. The normalized spacial score (nSPS) is 18.0. The summed E-state index contributed by atoms with van der Waals surface area (Å²) in [5.74, 6) is 0.278. The Morgan fingerprint density at radius 1 is 1.23 bits per heavy atom. The van der Waals surface area contributed by atoms with Crippen molar-refractivity contribution in [1.29, 1.82) is 0 Å². The molecule has 166 valence electrons. The van der Waals surface area contributed by atoms with E-state index in [1.165, 1.54) is 25.6 Å². The zero-order valence-corrected chi connectivity index (χ0v) is 19.6. The second-order valence-electron chi connectivity index (χ2n) is 8.75. The van der Waals surface area contributed by atoms with Crippen LogP contribution in [0.15, 0.2) is 12.1 Å². The van der Waals surface area contributed by atoms with Crippen LogP contribution in [0.5, 0.6) is 5.75 Å². The van der Waals surface area contributed by atoms with Crippen LogP contribution < -0.4 is 10.1 Å². The molecule has 1 aromatic rings. The number of carbonyl (C=O) groups is 3. The highest BCUT2D eigenvalue weighted by Crippen LogP contribution is 2.40. The van der Waals surface area contributed by atoms with Crippen LogP contribution in [0.4, 0.5) is 0 Å². The van der Waals surface area contributed by atoms with Gasteiger partial charge in [0.05, 0.1) is 0 Å². The van der Waals surface area contributed by atoms with Gasteiger partial charge in [-0.25, -0.2) is 0 Å². The van der Waals surface area contributed by atoms with Crippen molar-refractivity contribution < 1.29 is 23.9 Å². The molecule has 8 heteroatoms. The summed E-state index contributed by atoms with van der Waals surface area (Å²) in [5, 5.41) is 2.32. The first kappa shape index (κ1) is 24.2. The van der Waals surface area contributed by atoms with Gasteiger partial charge >= 0.3 is 11.9 Å². The van der Waals surface area contributed by atoms with Gasteiger partial charge in [-0.05, 0) is 37.2 Å². The highest BCUT2D eigenvalue weighted by atomic mass is 32.2. The van der Waals surface area contributed by atoms with Gasteiger partial charge in [-0.1, -0.05) is 20.8 Å². The number of rotatable bonds is 6. The fourth-order valence-electron chi connectivity index (χ4n) is 3.40. The molecule has 2 unspecified atom stereocenters. The number of hydrogen-bond acceptors (Lipinski definition) is 7. The van der Waals surface area contributed by atoms with Gasteiger partial charge in [-0.15, -0.1) is 11.8 Å². The summed E-state index contributed by atoms with van der Waals surface area (Å²) in [6.45, 7) is 9.93. The molecule has 1 N–H and O–H groups in total. The molecule has 2 atom stereocenters. The average Bonchev–Trinajstić information content (AvgIpc) is 2.59. The van der Waals surface area contributed by atoms with Crippen LogP contribution in [0.1, 0.15) is 57.4 Å². The van der Waals surface area contributed by atoms with Crippen molar-refractivity contribution >= 4 is 29.6 Å². The Labute approximate surface area is 182 Å². The molecule has 30 heavy (non-hydrogen) atoms. The first-order valence-corrected chi connectivity index (χ1v) is 11.0. The van der Waals surface area contributed by atoms with E-state index in [1.54, 1.807) is 0 Å². The van der Waals surface area contributed by atoms with Gasteiger partial charge in [0, 0.05) is 43.8 Å². The van der Waals surface area contributed by atoms with Crippen LogP contribution in [-0.2, 0) is 31.1 Å². The zero-order valence-electron chi connectivity index (χ0n) is 18.8. The molecule has 1 saturated heterocycles. The number of nitrogens with one attached hydrogen (secondary N) is 1. The third kappa shape index (κ3) is 6.22. The molecule has 1 heterocycles. The number of nitrogens with zero attached hydrogens (tertiary/aromatic N) is 1. The molecule has 2 rings (SSSR count). The smallest absolute Gasteiger partial charge is 0.308 e. The monoisotopic (exact) mass is 436 g/mol. The van der Waals surface area contributed by atoms with Crippen LogP contribution in [0.3, 0.4) is 0 Å². The number of hydrogen-bond donors (Lipinski definition) is 1. The van der Waals surface area contributed by atoms with E-state index in [-0.39, 0.29) is 11.3 Å². The fraction of sp³-hybridized carbons (Fsp3) is 0.591. The van der Waals surface area contributed by atoms with E-state index in [0.29, 0.717) is 18.8 Å². The SMILES string of the molecule is CC(=O)Oc1c(CN(C)C)cc(C(OC(C)=O)C2SCCNC2=O)cc1C(C)(C)C. The zero-order chi connectivity index (χ0) is 22.6. The molecule has 0 aromatic heterocycles. The van der Waals surface area contributed by atoms with Crippen molar-refractivity contribution in [2.24, 2.45) is 0 Å². The minimum Gasteiger partial charge on any atom is -0.456 e. The molecule has 7 nitrogen and oxygen atoms in total. The topological polar surface area (TPSA) is 84.9 Å². The lowest BCUT2D eigenvalue weighted by molar-refractivity contribution is -0.147. The minimum atomic E-state index is -0.735. The molecule has 0 aliphatic carbocycles. The van der Waals surface area contributed by atoms with Gasteiger partial charge in [0.2, 0.25) is 5.91 Å². The van der Waals surface area contributed by atoms with E-state index >= 15 is 0 Å². The Morgan fingerprint density at radius 3 is 2.40 bits per heavy atom. The molecule has 0 radical (unpaired) electrons. The highest BCUT2D eigenvalue weighted by molar-refractivity contribution is 8.00. The number of amides is 1. The lowest BCUT2D eigenvalue weighted by Gasteiger charge is -2.32. The molecule has 0 saturated carbocycles. The first-order chi connectivity index (χ1) is 13.9. The number of carbonyl (C=O) groups excluding carboxylic acids is 3. The van der Waals surface area contributed by atoms with Crippen LogP contribution in [-0.4, -0.2) is 54.4 Å². The van der Waals surface area contributed by atoms with E-state index in [9.17, 15) is 14.4 Å². The van der Waals surface area contributed by atoms with Gasteiger partial charge in [-0.3, -0.25) is 14.4 Å². The molecule has 1 amide bonds. The quantitative estimate of drug-likeness (QED) is 0.542. The average molecular weight is 437 g/mol. The van der Waals surface area contributed by atoms with Crippen molar-refractivity contribution in [2.75, 3.05) is 26.4 Å². The Bertz CT molecular complexity index is 816. The van der Waals surface area contributed by atoms with Crippen LogP contribution in [0.25, 0.3) is 0 Å². The van der Waals surface area contributed by atoms with E-state index in [0.717, 1.165) is 22.4 Å². The molecule has 1 fully saturated rings. The van der Waals surface area contributed by atoms with Gasteiger partial charge in [0.25, 0.3) is 0 Å². The summed E-state index contributed by atoms with van der Waals surface area (Å²) in [5.41, 5.74) is 2.00. The predicted molar refractivity (Wildman–Crippen MR) is 118 cm³/mol. The van der Waals surface area contributed by atoms with Crippen molar-refractivity contribution in [3.63, 3.8) is 0 Å². The predicted octanol–water partition coefficient (Wildman–Crippen LogP) is 2.81. The molecule has 0 spiro atoms. The van der Waals surface area contributed by atoms with Crippen molar-refractivity contribution in [3.05, 3.63) is 28.8 Å². The maximum absolute atomic E-state index is 12.5. The summed E-state index contributed by atoms with van der Waals surface area (Å²) in [4.78, 5) is 38.2. The summed E-state index contributed by atoms with van der Waals surface area (Å²) >= 11 is 1.48.